The van der Waals surface area contributed by atoms with Crippen molar-refractivity contribution in [2.45, 2.75) is 33.6 Å². The van der Waals surface area contributed by atoms with E-state index in [1.54, 1.807) is 6.92 Å². The molecule has 1 N–H and O–H groups in total. The lowest BCUT2D eigenvalue weighted by Crippen LogP contribution is -2.47. The number of carboxylic acids is 1. The van der Waals surface area contributed by atoms with Crippen LogP contribution in [-0.2, 0) is 9.59 Å². The molecule has 0 radical (unpaired) electrons. The van der Waals surface area contributed by atoms with Crippen LogP contribution in [0.2, 0.25) is 0 Å². The zero-order chi connectivity index (χ0) is 14.9. The highest BCUT2D eigenvalue weighted by Crippen LogP contribution is 2.30. The van der Waals surface area contributed by atoms with Gasteiger partial charge in [0.05, 0.1) is 12.0 Å². The molecule has 1 amide bonds. The summed E-state index contributed by atoms with van der Waals surface area (Å²) in [6, 6.07) is 0. The van der Waals surface area contributed by atoms with E-state index in [-0.39, 0.29) is 5.91 Å². The maximum atomic E-state index is 12.4. The van der Waals surface area contributed by atoms with E-state index in [1.165, 1.54) is 6.42 Å². The van der Waals surface area contributed by atoms with Crippen molar-refractivity contribution in [3.63, 3.8) is 0 Å². The van der Waals surface area contributed by atoms with E-state index >= 15 is 0 Å². The van der Waals surface area contributed by atoms with Crippen molar-refractivity contribution in [2.75, 3.05) is 32.7 Å². The minimum Gasteiger partial charge on any atom is -0.481 e. The number of carbonyl (C=O) groups excluding carboxylic acids is 1. The van der Waals surface area contributed by atoms with Crippen LogP contribution in [0, 0.1) is 17.3 Å². The highest BCUT2D eigenvalue weighted by Gasteiger charge is 2.41. The second kappa shape index (κ2) is 5.72. The monoisotopic (exact) mass is 282 g/mol. The molecule has 0 saturated carbocycles. The van der Waals surface area contributed by atoms with Gasteiger partial charge in [0, 0.05) is 19.6 Å². The Balaban J connectivity index is 1.88. The average Bonchev–Trinajstić information content (AvgIpc) is 2.71. The molecule has 2 aliphatic rings. The third-order valence-corrected chi connectivity index (χ3v) is 4.65. The van der Waals surface area contributed by atoms with Gasteiger partial charge in [-0.15, -0.1) is 0 Å². The van der Waals surface area contributed by atoms with Crippen molar-refractivity contribution < 1.29 is 14.7 Å². The summed E-state index contributed by atoms with van der Waals surface area (Å²) in [5, 5.41) is 9.22. The lowest BCUT2D eigenvalue weighted by atomic mass is 9.90. The van der Waals surface area contributed by atoms with Gasteiger partial charge in [-0.2, -0.15) is 0 Å². The van der Waals surface area contributed by atoms with Crippen LogP contribution >= 0.6 is 0 Å². The van der Waals surface area contributed by atoms with E-state index in [2.05, 4.69) is 13.8 Å². The quantitative estimate of drug-likeness (QED) is 0.847. The number of carboxylic acid groups (broad SMARTS) is 1. The molecule has 0 bridgehead atoms. The number of hydrogen-bond acceptors (Lipinski definition) is 3. The van der Waals surface area contributed by atoms with E-state index < -0.39 is 11.4 Å². The van der Waals surface area contributed by atoms with Gasteiger partial charge in [-0.3, -0.25) is 14.5 Å². The topological polar surface area (TPSA) is 60.9 Å². The lowest BCUT2D eigenvalue weighted by molar-refractivity contribution is -0.147. The van der Waals surface area contributed by atoms with Crippen LogP contribution in [0.25, 0.3) is 0 Å². The molecule has 0 aliphatic carbocycles. The second-order valence-corrected chi connectivity index (χ2v) is 7.07. The van der Waals surface area contributed by atoms with Crippen LogP contribution in [0.3, 0.4) is 0 Å². The zero-order valence-electron chi connectivity index (χ0n) is 12.8. The number of rotatable bonds is 3. The molecule has 3 unspecified atom stereocenters. The van der Waals surface area contributed by atoms with Gasteiger partial charge in [-0.1, -0.05) is 13.8 Å². The minimum absolute atomic E-state index is 0.151. The Labute approximate surface area is 120 Å². The molecule has 0 aromatic rings. The Morgan fingerprint density at radius 3 is 2.35 bits per heavy atom. The number of nitrogens with zero attached hydrogens (tertiary/aromatic N) is 2. The Hall–Kier alpha value is -1.10. The van der Waals surface area contributed by atoms with Gasteiger partial charge >= 0.3 is 5.97 Å². The molecule has 2 saturated heterocycles. The van der Waals surface area contributed by atoms with E-state index in [4.69, 9.17) is 0 Å². The molecule has 3 atom stereocenters. The fourth-order valence-electron chi connectivity index (χ4n) is 3.52. The molecule has 0 aromatic heterocycles. The van der Waals surface area contributed by atoms with Crippen LogP contribution in [-0.4, -0.2) is 59.5 Å². The Morgan fingerprint density at radius 1 is 1.25 bits per heavy atom. The number of hydrogen-bond donors (Lipinski definition) is 1. The molecular weight excluding hydrogens is 256 g/mol. The fourth-order valence-corrected chi connectivity index (χ4v) is 3.52. The Bertz CT molecular complexity index is 389. The summed E-state index contributed by atoms with van der Waals surface area (Å²) in [6.45, 7) is 9.37. The van der Waals surface area contributed by atoms with Crippen molar-refractivity contribution in [2.24, 2.45) is 17.3 Å². The van der Waals surface area contributed by atoms with Crippen molar-refractivity contribution in [3.05, 3.63) is 0 Å². The molecule has 2 heterocycles. The van der Waals surface area contributed by atoms with Crippen molar-refractivity contribution >= 4 is 11.9 Å². The number of carbonyl (C=O) groups is 2. The van der Waals surface area contributed by atoms with Gasteiger partial charge in [0.2, 0.25) is 5.91 Å². The normalized spacial score (nSPS) is 35.2. The smallest absolute Gasteiger partial charge is 0.310 e. The molecule has 2 rings (SSSR count). The third kappa shape index (κ3) is 3.32. The maximum absolute atomic E-state index is 12.4. The predicted octanol–water partition coefficient (Wildman–Crippen LogP) is 1.29. The fraction of sp³-hybridized carbons (Fsp3) is 0.867. The molecule has 2 aliphatic heterocycles. The van der Waals surface area contributed by atoms with Crippen LogP contribution in [0.15, 0.2) is 0 Å². The Morgan fingerprint density at radius 2 is 1.85 bits per heavy atom. The van der Waals surface area contributed by atoms with E-state index in [1.807, 2.05) is 9.80 Å². The first-order chi connectivity index (χ1) is 9.30. The number of piperidine rings is 1. The molecule has 0 spiro atoms. The second-order valence-electron chi connectivity index (χ2n) is 7.07. The average molecular weight is 282 g/mol. The van der Waals surface area contributed by atoms with Gasteiger partial charge in [-0.05, 0) is 38.1 Å². The van der Waals surface area contributed by atoms with Crippen LogP contribution in [0.4, 0.5) is 0 Å². The summed E-state index contributed by atoms with van der Waals surface area (Å²) in [7, 11) is 0. The summed E-state index contributed by atoms with van der Waals surface area (Å²) in [4.78, 5) is 27.5. The molecule has 5 nitrogen and oxygen atoms in total. The number of likely N-dealkylation sites (tertiary alicyclic amines) is 2. The highest BCUT2D eigenvalue weighted by atomic mass is 16.4. The first-order valence-electron chi connectivity index (χ1n) is 7.53. The summed E-state index contributed by atoms with van der Waals surface area (Å²) in [6.07, 6.45) is 1.81. The largest absolute Gasteiger partial charge is 0.481 e. The standard InChI is InChI=1S/C15H26N2O3/c1-11-6-12(2)8-17(7-11)13(18)9-16-5-4-15(3,10-16)14(19)20/h11-12H,4-10H2,1-3H3,(H,19,20). The first-order valence-corrected chi connectivity index (χ1v) is 7.53. The SMILES string of the molecule is CC1CC(C)CN(C(=O)CN2CCC(C)(C(=O)O)C2)C1. The van der Waals surface area contributed by atoms with Gasteiger partial charge in [-0.25, -0.2) is 0 Å². The van der Waals surface area contributed by atoms with Crippen molar-refractivity contribution in [1.29, 1.82) is 0 Å². The maximum Gasteiger partial charge on any atom is 0.310 e. The molecule has 20 heavy (non-hydrogen) atoms. The van der Waals surface area contributed by atoms with E-state index in [9.17, 15) is 14.7 Å². The molecule has 0 aromatic carbocycles. The van der Waals surface area contributed by atoms with E-state index in [0.29, 0.717) is 37.9 Å². The lowest BCUT2D eigenvalue weighted by Gasteiger charge is -2.36. The molecule has 2 fully saturated rings. The van der Waals surface area contributed by atoms with Crippen LogP contribution in [0.5, 0.6) is 0 Å². The summed E-state index contributed by atoms with van der Waals surface area (Å²) >= 11 is 0. The van der Waals surface area contributed by atoms with Crippen LogP contribution < -0.4 is 0 Å². The summed E-state index contributed by atoms with van der Waals surface area (Å²) < 4.78 is 0. The number of aliphatic carboxylic acids is 1. The summed E-state index contributed by atoms with van der Waals surface area (Å²) in [5.41, 5.74) is -0.692. The number of amides is 1. The van der Waals surface area contributed by atoms with Gasteiger partial charge in [0.25, 0.3) is 0 Å². The predicted molar refractivity (Wildman–Crippen MR) is 76.3 cm³/mol. The zero-order valence-corrected chi connectivity index (χ0v) is 12.8. The van der Waals surface area contributed by atoms with Crippen molar-refractivity contribution in [1.82, 2.24) is 9.80 Å². The van der Waals surface area contributed by atoms with Crippen LogP contribution in [0.1, 0.15) is 33.6 Å². The van der Waals surface area contributed by atoms with Gasteiger partial charge in [0.1, 0.15) is 0 Å². The third-order valence-electron chi connectivity index (χ3n) is 4.65. The molecular formula is C15H26N2O3. The van der Waals surface area contributed by atoms with Gasteiger partial charge < -0.3 is 10.0 Å². The van der Waals surface area contributed by atoms with E-state index in [0.717, 1.165) is 13.1 Å². The highest BCUT2D eigenvalue weighted by molar-refractivity contribution is 5.79. The Kier molecular flexibility index (Phi) is 4.37. The summed E-state index contributed by atoms with van der Waals surface area (Å²) in [5.74, 6) is 0.516. The first kappa shape index (κ1) is 15.3. The minimum atomic E-state index is -0.757. The van der Waals surface area contributed by atoms with Crippen molar-refractivity contribution in [3.8, 4) is 0 Å². The molecule has 5 heteroatoms. The molecule has 114 valence electrons. The van der Waals surface area contributed by atoms with Gasteiger partial charge in [0.15, 0.2) is 0 Å².